The molecule has 1 heterocycles. The Hall–Kier alpha value is -1.22. The van der Waals surface area contributed by atoms with Crippen LogP contribution >= 0.6 is 11.6 Å². The summed E-state index contributed by atoms with van der Waals surface area (Å²) in [5, 5.41) is 0.436. The lowest BCUT2D eigenvalue weighted by Gasteiger charge is -2.35. The molecule has 0 spiro atoms. The first-order chi connectivity index (χ1) is 8.49. The molecule has 2 rings (SSSR count). The Kier molecular flexibility index (Phi) is 3.81. The van der Waals surface area contributed by atoms with Gasteiger partial charge in [-0.25, -0.2) is 0 Å². The molecule has 4 heteroatoms. The molecule has 0 bridgehead atoms. The van der Waals surface area contributed by atoms with Gasteiger partial charge in [-0.3, -0.25) is 4.79 Å². The van der Waals surface area contributed by atoms with Crippen LogP contribution in [0, 0.1) is 11.8 Å². The quantitative estimate of drug-likeness (QED) is 0.794. The van der Waals surface area contributed by atoms with E-state index in [1.54, 1.807) is 18.2 Å². The zero-order chi connectivity index (χ0) is 13.3. The van der Waals surface area contributed by atoms with E-state index in [-0.39, 0.29) is 5.91 Å². The molecule has 0 saturated carbocycles. The van der Waals surface area contributed by atoms with E-state index in [0.717, 1.165) is 13.1 Å². The lowest BCUT2D eigenvalue weighted by atomic mass is 9.91. The Morgan fingerprint density at radius 3 is 2.50 bits per heavy atom. The van der Waals surface area contributed by atoms with Crippen molar-refractivity contribution < 1.29 is 4.79 Å². The molecule has 18 heavy (non-hydrogen) atoms. The highest BCUT2D eigenvalue weighted by Crippen LogP contribution is 2.27. The maximum absolute atomic E-state index is 12.5. The molecule has 2 atom stereocenters. The first-order valence-corrected chi connectivity index (χ1v) is 6.70. The summed E-state index contributed by atoms with van der Waals surface area (Å²) >= 11 is 6.09. The maximum Gasteiger partial charge on any atom is 0.257 e. The number of carbonyl (C=O) groups excluding carboxylic acids is 1. The fourth-order valence-corrected chi connectivity index (χ4v) is 3.02. The van der Waals surface area contributed by atoms with Crippen LogP contribution < -0.4 is 5.73 Å². The highest BCUT2D eigenvalue weighted by molar-refractivity contribution is 6.34. The second-order valence-electron chi connectivity index (χ2n) is 5.36. The Labute approximate surface area is 113 Å². The van der Waals surface area contributed by atoms with Crippen molar-refractivity contribution in [3.05, 3.63) is 28.8 Å². The third-order valence-corrected chi connectivity index (χ3v) is 3.73. The van der Waals surface area contributed by atoms with E-state index in [2.05, 4.69) is 13.8 Å². The first-order valence-electron chi connectivity index (χ1n) is 6.32. The Morgan fingerprint density at radius 1 is 1.33 bits per heavy atom. The number of nitrogens with zero attached hydrogens (tertiary/aromatic N) is 1. The summed E-state index contributed by atoms with van der Waals surface area (Å²) in [7, 11) is 0. The third kappa shape index (κ3) is 2.61. The van der Waals surface area contributed by atoms with Crippen LogP contribution in [0.3, 0.4) is 0 Å². The Balaban J connectivity index is 2.26. The van der Waals surface area contributed by atoms with Crippen LogP contribution in [0.25, 0.3) is 0 Å². The monoisotopic (exact) mass is 266 g/mol. The predicted molar refractivity (Wildman–Crippen MR) is 74.7 cm³/mol. The van der Waals surface area contributed by atoms with E-state index in [4.69, 9.17) is 17.3 Å². The number of anilines is 1. The summed E-state index contributed by atoms with van der Waals surface area (Å²) in [5.74, 6) is 1.01. The Bertz CT molecular complexity index is 431. The standard InChI is InChI=1S/C14H19ClN2O/c1-9-6-10(2)8-17(7-9)14(18)13-11(15)4-3-5-12(13)16/h3-5,9-10H,6-8,16H2,1-2H3. The second-order valence-corrected chi connectivity index (χ2v) is 5.77. The van der Waals surface area contributed by atoms with Crippen molar-refractivity contribution >= 4 is 23.2 Å². The van der Waals surface area contributed by atoms with E-state index in [0.29, 0.717) is 28.1 Å². The molecule has 0 aromatic heterocycles. The molecular formula is C14H19ClN2O. The van der Waals surface area contributed by atoms with Crippen LogP contribution in [0.2, 0.25) is 5.02 Å². The van der Waals surface area contributed by atoms with Crippen molar-refractivity contribution in [2.45, 2.75) is 20.3 Å². The van der Waals surface area contributed by atoms with Crippen LogP contribution in [0.1, 0.15) is 30.6 Å². The lowest BCUT2D eigenvalue weighted by molar-refractivity contribution is 0.0624. The maximum atomic E-state index is 12.5. The summed E-state index contributed by atoms with van der Waals surface area (Å²) in [5.41, 5.74) is 6.77. The molecule has 98 valence electrons. The summed E-state index contributed by atoms with van der Waals surface area (Å²) in [6.45, 7) is 5.92. The smallest absolute Gasteiger partial charge is 0.257 e. The number of piperidine rings is 1. The van der Waals surface area contributed by atoms with E-state index >= 15 is 0 Å². The zero-order valence-corrected chi connectivity index (χ0v) is 11.6. The molecular weight excluding hydrogens is 248 g/mol. The highest BCUT2D eigenvalue weighted by atomic mass is 35.5. The van der Waals surface area contributed by atoms with Gasteiger partial charge in [0.15, 0.2) is 0 Å². The van der Waals surface area contributed by atoms with Gasteiger partial charge in [-0.2, -0.15) is 0 Å². The van der Waals surface area contributed by atoms with E-state index < -0.39 is 0 Å². The SMILES string of the molecule is CC1CC(C)CN(C(=O)c2c(N)cccc2Cl)C1. The van der Waals surface area contributed by atoms with Crippen molar-refractivity contribution in [2.24, 2.45) is 11.8 Å². The van der Waals surface area contributed by atoms with Gasteiger partial charge >= 0.3 is 0 Å². The molecule has 1 fully saturated rings. The number of benzene rings is 1. The van der Waals surface area contributed by atoms with Crippen LogP contribution in [0.4, 0.5) is 5.69 Å². The zero-order valence-electron chi connectivity index (χ0n) is 10.8. The minimum Gasteiger partial charge on any atom is -0.398 e. The van der Waals surface area contributed by atoms with Crippen molar-refractivity contribution in [2.75, 3.05) is 18.8 Å². The molecule has 1 aromatic carbocycles. The van der Waals surface area contributed by atoms with E-state index in [1.165, 1.54) is 6.42 Å². The van der Waals surface area contributed by atoms with E-state index in [9.17, 15) is 4.79 Å². The molecule has 3 nitrogen and oxygen atoms in total. The average molecular weight is 267 g/mol. The minimum absolute atomic E-state index is 0.0449. The van der Waals surface area contributed by atoms with Crippen LogP contribution in [0.5, 0.6) is 0 Å². The van der Waals surface area contributed by atoms with Crippen molar-refractivity contribution in [3.63, 3.8) is 0 Å². The molecule has 0 aliphatic carbocycles. The van der Waals surface area contributed by atoms with Crippen molar-refractivity contribution in [1.29, 1.82) is 0 Å². The number of amides is 1. The predicted octanol–water partition coefficient (Wildman–Crippen LogP) is 3.04. The molecule has 1 aliphatic heterocycles. The molecule has 1 saturated heterocycles. The molecule has 0 radical (unpaired) electrons. The fraction of sp³-hybridized carbons (Fsp3) is 0.500. The normalized spacial score (nSPS) is 24.1. The summed E-state index contributed by atoms with van der Waals surface area (Å²) < 4.78 is 0. The van der Waals surface area contributed by atoms with Crippen molar-refractivity contribution in [3.8, 4) is 0 Å². The molecule has 1 aromatic rings. The number of nitrogens with two attached hydrogens (primary N) is 1. The highest BCUT2D eigenvalue weighted by Gasteiger charge is 2.28. The summed E-state index contributed by atoms with van der Waals surface area (Å²) in [4.78, 5) is 14.4. The van der Waals surface area contributed by atoms with Gasteiger partial charge < -0.3 is 10.6 Å². The van der Waals surface area contributed by atoms with Gasteiger partial charge in [-0.15, -0.1) is 0 Å². The lowest BCUT2D eigenvalue weighted by Crippen LogP contribution is -2.42. The molecule has 2 N–H and O–H groups in total. The van der Waals surface area contributed by atoms with Gasteiger partial charge in [0, 0.05) is 18.8 Å². The van der Waals surface area contributed by atoms with Gasteiger partial charge in [0.2, 0.25) is 0 Å². The van der Waals surface area contributed by atoms with Crippen LogP contribution in [0.15, 0.2) is 18.2 Å². The van der Waals surface area contributed by atoms with E-state index in [1.807, 2.05) is 4.90 Å². The largest absolute Gasteiger partial charge is 0.398 e. The Morgan fingerprint density at radius 2 is 1.94 bits per heavy atom. The molecule has 1 aliphatic rings. The minimum atomic E-state index is -0.0449. The number of rotatable bonds is 1. The number of likely N-dealkylation sites (tertiary alicyclic amines) is 1. The number of nitrogen functional groups attached to an aromatic ring is 1. The fourth-order valence-electron chi connectivity index (χ4n) is 2.75. The summed E-state index contributed by atoms with van der Waals surface area (Å²) in [6, 6.07) is 5.19. The number of halogens is 1. The van der Waals surface area contributed by atoms with Crippen LogP contribution in [-0.2, 0) is 0 Å². The van der Waals surface area contributed by atoms with Gasteiger partial charge in [-0.05, 0) is 30.4 Å². The molecule has 2 unspecified atom stereocenters. The number of hydrogen-bond acceptors (Lipinski definition) is 2. The first kappa shape index (κ1) is 13.2. The summed E-state index contributed by atoms with van der Waals surface area (Å²) in [6.07, 6.45) is 1.17. The number of hydrogen-bond donors (Lipinski definition) is 1. The average Bonchev–Trinajstić information content (AvgIpc) is 2.27. The van der Waals surface area contributed by atoms with Gasteiger partial charge in [-0.1, -0.05) is 31.5 Å². The third-order valence-electron chi connectivity index (χ3n) is 3.42. The van der Waals surface area contributed by atoms with Crippen LogP contribution in [-0.4, -0.2) is 23.9 Å². The van der Waals surface area contributed by atoms with Gasteiger partial charge in [0.25, 0.3) is 5.91 Å². The second kappa shape index (κ2) is 5.19. The molecule has 1 amide bonds. The number of carbonyl (C=O) groups is 1. The topological polar surface area (TPSA) is 46.3 Å². The van der Waals surface area contributed by atoms with Gasteiger partial charge in [0.05, 0.1) is 10.6 Å². The van der Waals surface area contributed by atoms with Crippen molar-refractivity contribution in [1.82, 2.24) is 4.90 Å². The van der Waals surface area contributed by atoms with Gasteiger partial charge in [0.1, 0.15) is 0 Å².